The van der Waals surface area contributed by atoms with E-state index in [1.165, 1.54) is 27.7 Å². The fourth-order valence-corrected chi connectivity index (χ4v) is 5.72. The summed E-state index contributed by atoms with van der Waals surface area (Å²) < 4.78 is 18.8. The van der Waals surface area contributed by atoms with Crippen LogP contribution in [0, 0.1) is 0 Å². The summed E-state index contributed by atoms with van der Waals surface area (Å²) in [5, 5.41) is 1.15. The lowest BCUT2D eigenvalue weighted by atomic mass is 9.95. The minimum Gasteiger partial charge on any atom is -0.497 e. The Morgan fingerprint density at radius 1 is 1.18 bits per heavy atom. The molecule has 194 valence electrons. The van der Waals surface area contributed by atoms with E-state index < -0.39 is 12.0 Å². The van der Waals surface area contributed by atoms with Gasteiger partial charge in [0.05, 0.1) is 35.1 Å². The number of hydrogen-bond donors (Lipinski definition) is 0. The zero-order valence-corrected chi connectivity index (χ0v) is 22.7. The monoisotopic (exact) mass is 548 g/mol. The Morgan fingerprint density at radius 2 is 1.97 bits per heavy atom. The van der Waals surface area contributed by atoms with Crippen LogP contribution >= 0.6 is 23.1 Å². The van der Waals surface area contributed by atoms with Crippen LogP contribution in [0.15, 0.2) is 90.6 Å². The summed E-state index contributed by atoms with van der Waals surface area (Å²) in [7, 11) is 1.57. The average Bonchev–Trinajstić information content (AvgIpc) is 3.46. The van der Waals surface area contributed by atoms with Crippen molar-refractivity contribution in [2.75, 3.05) is 7.11 Å². The minimum absolute atomic E-state index is 0.291. The first-order valence-corrected chi connectivity index (χ1v) is 13.4. The normalized spacial score (nSPS) is 15.4. The molecule has 9 nitrogen and oxygen atoms in total. The summed E-state index contributed by atoms with van der Waals surface area (Å²) in [5.41, 5.74) is 1.23. The highest BCUT2D eigenvalue weighted by molar-refractivity contribution is 7.99. The highest BCUT2D eigenvalue weighted by atomic mass is 32.2. The number of rotatable bonds is 7. The van der Waals surface area contributed by atoms with Crippen molar-refractivity contribution in [3.63, 3.8) is 0 Å². The molecule has 1 aliphatic rings. The number of furan rings is 1. The predicted molar refractivity (Wildman–Crippen MR) is 143 cm³/mol. The first-order valence-electron chi connectivity index (χ1n) is 11.8. The summed E-state index contributed by atoms with van der Waals surface area (Å²) >= 11 is 2.51. The number of hydrogen-bond acceptors (Lipinski definition) is 10. The number of methoxy groups -OCH3 is 1. The Labute approximate surface area is 226 Å². The van der Waals surface area contributed by atoms with Crippen molar-refractivity contribution in [3.05, 3.63) is 97.1 Å². The van der Waals surface area contributed by atoms with E-state index >= 15 is 0 Å². The summed E-state index contributed by atoms with van der Waals surface area (Å²) in [6, 6.07) is 11.9. The lowest BCUT2D eigenvalue weighted by molar-refractivity contribution is -0.143. The van der Waals surface area contributed by atoms with Gasteiger partial charge in [-0.3, -0.25) is 9.36 Å². The summed E-state index contributed by atoms with van der Waals surface area (Å²) in [5.74, 6) is 0.597. The second kappa shape index (κ2) is 10.8. The number of thiazole rings is 1. The van der Waals surface area contributed by atoms with Gasteiger partial charge in [0.25, 0.3) is 5.56 Å². The van der Waals surface area contributed by atoms with E-state index in [2.05, 4.69) is 15.0 Å². The van der Waals surface area contributed by atoms with Gasteiger partial charge >= 0.3 is 5.97 Å². The van der Waals surface area contributed by atoms with Crippen LogP contribution in [0.1, 0.15) is 38.1 Å². The fraction of sp³-hybridized carbons (Fsp3) is 0.222. The summed E-state index contributed by atoms with van der Waals surface area (Å²) in [4.78, 5) is 40.4. The van der Waals surface area contributed by atoms with Gasteiger partial charge in [-0.25, -0.2) is 19.8 Å². The third kappa shape index (κ3) is 5.20. The number of ether oxygens (including phenoxy) is 2. The Morgan fingerprint density at radius 3 is 2.71 bits per heavy atom. The molecule has 1 aromatic carbocycles. The van der Waals surface area contributed by atoms with Gasteiger partial charge in [-0.15, -0.1) is 0 Å². The average molecular weight is 549 g/mol. The molecule has 3 aromatic heterocycles. The third-order valence-corrected chi connectivity index (χ3v) is 7.40. The molecule has 11 heteroatoms. The molecule has 0 bridgehead atoms. The van der Waals surface area contributed by atoms with E-state index in [1.54, 1.807) is 64.5 Å². The van der Waals surface area contributed by atoms with Gasteiger partial charge in [0, 0.05) is 18.5 Å². The second-order valence-corrected chi connectivity index (χ2v) is 10.6. The van der Waals surface area contributed by atoms with Crippen LogP contribution in [0.5, 0.6) is 5.75 Å². The van der Waals surface area contributed by atoms with Crippen molar-refractivity contribution in [3.8, 4) is 5.75 Å². The molecule has 1 atom stereocenters. The number of carbonyl (C=O) groups excluding carboxylic acids is 1. The van der Waals surface area contributed by atoms with Crippen LogP contribution in [-0.2, 0) is 9.53 Å². The summed E-state index contributed by atoms with van der Waals surface area (Å²) in [6.45, 7) is 5.32. The molecular weight excluding hydrogens is 524 g/mol. The molecule has 1 aliphatic heterocycles. The molecule has 4 aromatic rings. The maximum Gasteiger partial charge on any atom is 0.338 e. The molecule has 0 saturated heterocycles. The smallest absolute Gasteiger partial charge is 0.338 e. The van der Waals surface area contributed by atoms with Crippen molar-refractivity contribution in [1.82, 2.24) is 14.5 Å². The van der Waals surface area contributed by atoms with Gasteiger partial charge in [-0.05, 0) is 68.4 Å². The zero-order valence-electron chi connectivity index (χ0n) is 21.1. The van der Waals surface area contributed by atoms with Crippen molar-refractivity contribution >= 4 is 35.1 Å². The molecule has 5 rings (SSSR count). The van der Waals surface area contributed by atoms with E-state index in [9.17, 15) is 9.59 Å². The van der Waals surface area contributed by atoms with Gasteiger partial charge in [-0.1, -0.05) is 23.5 Å². The lowest BCUT2D eigenvalue weighted by Crippen LogP contribution is -2.40. The third-order valence-electron chi connectivity index (χ3n) is 5.60. The predicted octanol–water partition coefficient (Wildman–Crippen LogP) is 3.73. The van der Waals surface area contributed by atoms with E-state index in [1.807, 2.05) is 24.3 Å². The molecule has 4 heterocycles. The molecule has 0 unspecified atom stereocenters. The molecular formula is C27H24N4O5S2. The van der Waals surface area contributed by atoms with Gasteiger partial charge in [0.15, 0.2) is 15.1 Å². The number of nitrogens with zero attached hydrogens (tertiary/aromatic N) is 4. The van der Waals surface area contributed by atoms with Crippen LogP contribution < -0.4 is 19.6 Å². The molecule has 0 amide bonds. The number of allylic oxidation sites excluding steroid dienone is 1. The lowest BCUT2D eigenvalue weighted by Gasteiger charge is -2.25. The first-order chi connectivity index (χ1) is 18.3. The Hall–Kier alpha value is -3.96. The molecule has 0 aliphatic carbocycles. The van der Waals surface area contributed by atoms with E-state index in [0.29, 0.717) is 47.9 Å². The highest BCUT2D eigenvalue weighted by Crippen LogP contribution is 2.32. The van der Waals surface area contributed by atoms with Crippen molar-refractivity contribution < 1.29 is 18.7 Å². The topological polar surface area (TPSA) is 109 Å². The van der Waals surface area contributed by atoms with Gasteiger partial charge in [-0.2, -0.15) is 0 Å². The largest absolute Gasteiger partial charge is 0.497 e. The number of esters is 1. The Bertz CT molecular complexity index is 1700. The van der Waals surface area contributed by atoms with Gasteiger partial charge in [0.2, 0.25) is 0 Å². The van der Waals surface area contributed by atoms with Crippen molar-refractivity contribution in [2.24, 2.45) is 4.99 Å². The van der Waals surface area contributed by atoms with Crippen LogP contribution in [0.4, 0.5) is 0 Å². The van der Waals surface area contributed by atoms with Crippen molar-refractivity contribution in [2.45, 2.75) is 43.2 Å². The molecule has 0 N–H and O–H groups in total. The van der Waals surface area contributed by atoms with Crippen LogP contribution in [0.2, 0.25) is 0 Å². The zero-order chi connectivity index (χ0) is 26.8. The molecule has 0 saturated carbocycles. The highest BCUT2D eigenvalue weighted by Gasteiger charge is 2.34. The number of aromatic nitrogens is 3. The maximum absolute atomic E-state index is 13.8. The fourth-order valence-electron chi connectivity index (χ4n) is 4.01. The van der Waals surface area contributed by atoms with Crippen LogP contribution in [0.3, 0.4) is 0 Å². The SMILES string of the molecule is COc1cccc([C@@H]2C(C(=O)OC(C)C)=C(C)N=c3s/c(=C\c4ccc(Sc5ncccn5)o4)c(=O)n32)c1. The number of carbonyl (C=O) groups is 1. The number of fused-ring (bicyclic) bond motifs is 1. The maximum atomic E-state index is 13.8. The standard InChI is InChI=1S/C27H24N4O5S2/c1-15(2)35-25(33)22-16(3)30-27-31(23(22)17-7-5-8-18(13-17)34-4)24(32)20(37-27)14-19-9-10-21(36-19)38-26-28-11-6-12-29-26/h5-15,23H,1-4H3/b20-14-/t23-/m1/s1. The minimum atomic E-state index is -0.729. The van der Waals surface area contributed by atoms with Crippen molar-refractivity contribution in [1.29, 1.82) is 0 Å². The summed E-state index contributed by atoms with van der Waals surface area (Å²) in [6.07, 6.45) is 4.66. The quantitative estimate of drug-likeness (QED) is 0.254. The Balaban J connectivity index is 1.60. The molecule has 0 fully saturated rings. The van der Waals surface area contributed by atoms with Crippen LogP contribution in [0.25, 0.3) is 6.08 Å². The molecule has 38 heavy (non-hydrogen) atoms. The molecule has 0 spiro atoms. The van der Waals surface area contributed by atoms with Gasteiger partial charge < -0.3 is 13.9 Å². The van der Waals surface area contributed by atoms with E-state index in [0.717, 1.165) is 0 Å². The Kier molecular flexibility index (Phi) is 7.30. The van der Waals surface area contributed by atoms with E-state index in [4.69, 9.17) is 13.9 Å². The molecule has 0 radical (unpaired) electrons. The second-order valence-electron chi connectivity index (χ2n) is 8.60. The first kappa shape index (κ1) is 25.7. The number of benzene rings is 1. The van der Waals surface area contributed by atoms with Gasteiger partial charge in [0.1, 0.15) is 11.5 Å². The van der Waals surface area contributed by atoms with Crippen LogP contribution in [-0.4, -0.2) is 33.7 Å². The van der Waals surface area contributed by atoms with E-state index in [-0.39, 0.29) is 11.7 Å².